The van der Waals surface area contributed by atoms with Gasteiger partial charge >= 0.3 is 5.51 Å². The normalized spacial score (nSPS) is 12.6. The van der Waals surface area contributed by atoms with E-state index < -0.39 is 11.6 Å². The fourth-order valence-corrected chi connectivity index (χ4v) is 4.40. The van der Waals surface area contributed by atoms with E-state index in [0.717, 1.165) is 11.0 Å². The number of nitrogens with zero attached hydrogens (tertiary/aromatic N) is 2. The molecule has 3 N–H and O–H groups in total. The lowest BCUT2D eigenvalue weighted by Crippen LogP contribution is -2.27. The zero-order valence-electron chi connectivity index (χ0n) is 18.7. The number of aromatic amines is 1. The molecule has 0 fully saturated rings. The summed E-state index contributed by atoms with van der Waals surface area (Å²) in [5, 5.41) is 5.94. The van der Waals surface area contributed by atoms with Gasteiger partial charge in [0.2, 0.25) is 17.7 Å². The minimum atomic E-state index is -4.42. The predicted octanol–water partition coefficient (Wildman–Crippen LogP) is 6.18. The molecule has 7 nitrogen and oxygen atoms in total. The van der Waals surface area contributed by atoms with Crippen LogP contribution in [0.2, 0.25) is 0 Å². The highest BCUT2D eigenvalue weighted by atomic mass is 32.2. The Morgan fingerprint density at radius 1 is 1.00 bits per heavy atom. The Morgan fingerprint density at radius 3 is 2.56 bits per heavy atom. The number of aromatic nitrogens is 3. The molecule has 0 radical (unpaired) electrons. The van der Waals surface area contributed by atoms with Gasteiger partial charge in [-0.2, -0.15) is 13.2 Å². The third kappa shape index (κ3) is 5.80. The topological polar surface area (TPSA) is 95.8 Å². The number of halogens is 3. The molecular weight excluding hydrogens is 491 g/mol. The summed E-state index contributed by atoms with van der Waals surface area (Å²) in [5.41, 5.74) is -1.09. The number of oxazole rings is 1. The van der Waals surface area contributed by atoms with Gasteiger partial charge in [0.1, 0.15) is 5.52 Å². The number of carbonyl (C=O) groups is 1. The predicted molar refractivity (Wildman–Crippen MR) is 131 cm³/mol. The summed E-state index contributed by atoms with van der Waals surface area (Å²) < 4.78 is 44.5. The van der Waals surface area contributed by atoms with Gasteiger partial charge < -0.3 is 20.0 Å². The van der Waals surface area contributed by atoms with Crippen LogP contribution in [-0.4, -0.2) is 26.4 Å². The van der Waals surface area contributed by atoms with Crippen molar-refractivity contribution in [2.24, 2.45) is 0 Å². The largest absolute Gasteiger partial charge is 0.446 e. The van der Waals surface area contributed by atoms with Crippen molar-refractivity contribution in [2.75, 3.05) is 5.32 Å². The second kappa shape index (κ2) is 9.94. The van der Waals surface area contributed by atoms with Crippen molar-refractivity contribution in [3.05, 3.63) is 84.3 Å². The standard InChI is InChI=1S/C25H20F3N5O2S/c26-25(27,28)36-16-7-5-6-15(12-16)20(33-24-31-17-8-1-2-9-18(17)32-24)13-22(34)29-14-23-30-19-10-3-4-11-21(19)35-23/h1-12,20H,13-14H2,(H,29,34)(H2,31,32,33). The summed E-state index contributed by atoms with van der Waals surface area (Å²) in [6.45, 7) is 0.0782. The molecule has 36 heavy (non-hydrogen) atoms. The SMILES string of the molecule is O=C(CC(Nc1nc2ccccc2[nH]1)c1cccc(SC(F)(F)F)c1)NCc1nc2ccccc2o1. The third-order valence-electron chi connectivity index (χ3n) is 5.36. The number of hydrogen-bond donors (Lipinski definition) is 3. The number of hydrogen-bond acceptors (Lipinski definition) is 6. The summed E-state index contributed by atoms with van der Waals surface area (Å²) >= 11 is -0.202. The van der Waals surface area contributed by atoms with Crippen LogP contribution >= 0.6 is 11.8 Å². The average Bonchev–Trinajstić information content (AvgIpc) is 3.44. The number of thioether (sulfide) groups is 1. The van der Waals surface area contributed by atoms with E-state index in [0.29, 0.717) is 28.5 Å². The van der Waals surface area contributed by atoms with E-state index in [1.165, 1.54) is 18.2 Å². The van der Waals surface area contributed by atoms with Crippen molar-refractivity contribution in [3.63, 3.8) is 0 Å². The Labute approximate surface area is 207 Å². The van der Waals surface area contributed by atoms with Crippen molar-refractivity contribution in [1.82, 2.24) is 20.3 Å². The highest BCUT2D eigenvalue weighted by Crippen LogP contribution is 2.38. The van der Waals surface area contributed by atoms with Crippen molar-refractivity contribution >= 4 is 45.8 Å². The lowest BCUT2D eigenvalue weighted by Gasteiger charge is -2.19. The number of benzene rings is 3. The van der Waals surface area contributed by atoms with E-state index in [4.69, 9.17) is 4.42 Å². The van der Waals surface area contributed by atoms with Crippen LogP contribution in [0.5, 0.6) is 0 Å². The van der Waals surface area contributed by atoms with Gasteiger partial charge in [-0.25, -0.2) is 9.97 Å². The fourth-order valence-electron chi connectivity index (χ4n) is 3.79. The van der Waals surface area contributed by atoms with Gasteiger partial charge in [-0.05, 0) is 53.7 Å². The maximum Gasteiger partial charge on any atom is 0.446 e. The van der Waals surface area contributed by atoms with Crippen molar-refractivity contribution in [1.29, 1.82) is 0 Å². The second-order valence-corrected chi connectivity index (χ2v) is 9.11. The molecule has 0 aliphatic rings. The number of amides is 1. The van der Waals surface area contributed by atoms with Crippen LogP contribution in [0, 0.1) is 0 Å². The second-order valence-electron chi connectivity index (χ2n) is 7.98. The smallest absolute Gasteiger partial charge is 0.439 e. The van der Waals surface area contributed by atoms with E-state index >= 15 is 0 Å². The molecule has 5 rings (SSSR count). The summed E-state index contributed by atoms with van der Waals surface area (Å²) in [7, 11) is 0. The molecule has 0 saturated heterocycles. The number of imidazole rings is 1. The fraction of sp³-hybridized carbons (Fsp3) is 0.160. The molecular formula is C25H20F3N5O2S. The zero-order valence-corrected chi connectivity index (χ0v) is 19.5. The number of anilines is 1. The Hall–Kier alpha value is -3.99. The van der Waals surface area contributed by atoms with Crippen molar-refractivity contribution in [3.8, 4) is 0 Å². The van der Waals surface area contributed by atoms with Crippen LogP contribution < -0.4 is 10.6 Å². The summed E-state index contributed by atoms with van der Waals surface area (Å²) in [5.74, 6) is 0.427. The first-order valence-corrected chi connectivity index (χ1v) is 11.8. The van der Waals surface area contributed by atoms with Gasteiger partial charge in [0.25, 0.3) is 0 Å². The summed E-state index contributed by atoms with van der Waals surface area (Å²) in [6, 6.07) is 20.0. The zero-order chi connectivity index (χ0) is 25.1. The molecule has 1 unspecified atom stereocenters. The molecule has 0 bridgehead atoms. The molecule has 0 aliphatic heterocycles. The maximum atomic E-state index is 12.9. The van der Waals surface area contributed by atoms with E-state index in [-0.39, 0.29) is 35.5 Å². The van der Waals surface area contributed by atoms with Gasteiger partial charge in [-0.3, -0.25) is 4.79 Å². The van der Waals surface area contributed by atoms with E-state index in [2.05, 4.69) is 25.6 Å². The van der Waals surface area contributed by atoms with Gasteiger partial charge in [0.05, 0.1) is 30.0 Å². The number of para-hydroxylation sites is 4. The molecule has 3 aromatic carbocycles. The molecule has 0 aliphatic carbocycles. The summed E-state index contributed by atoms with van der Waals surface area (Å²) in [6.07, 6.45) is -0.0581. The molecule has 5 aromatic rings. The van der Waals surface area contributed by atoms with Crippen molar-refractivity contribution in [2.45, 2.75) is 29.4 Å². The molecule has 1 amide bonds. The molecule has 2 heterocycles. The average molecular weight is 512 g/mol. The first-order valence-electron chi connectivity index (χ1n) is 11.0. The van der Waals surface area contributed by atoms with Crippen LogP contribution in [0.4, 0.5) is 19.1 Å². The number of rotatable bonds is 8. The third-order valence-corrected chi connectivity index (χ3v) is 6.08. The van der Waals surface area contributed by atoms with Gasteiger partial charge in [0, 0.05) is 4.90 Å². The van der Waals surface area contributed by atoms with Crippen LogP contribution in [-0.2, 0) is 11.3 Å². The molecule has 2 aromatic heterocycles. The molecule has 0 spiro atoms. The Bertz CT molecular complexity index is 1450. The Kier molecular flexibility index (Phi) is 6.55. The van der Waals surface area contributed by atoms with Crippen LogP contribution in [0.15, 0.2) is 82.1 Å². The Morgan fingerprint density at radius 2 is 1.78 bits per heavy atom. The number of alkyl halides is 3. The van der Waals surface area contributed by atoms with Crippen LogP contribution in [0.1, 0.15) is 23.9 Å². The van der Waals surface area contributed by atoms with E-state index in [9.17, 15) is 18.0 Å². The van der Waals surface area contributed by atoms with Crippen LogP contribution in [0.25, 0.3) is 22.1 Å². The first-order chi connectivity index (χ1) is 17.3. The number of carbonyl (C=O) groups excluding carboxylic acids is 1. The first kappa shape index (κ1) is 23.7. The highest BCUT2D eigenvalue weighted by Gasteiger charge is 2.29. The minimum absolute atomic E-state index is 0.0308. The molecule has 11 heteroatoms. The molecule has 0 saturated carbocycles. The lowest BCUT2D eigenvalue weighted by atomic mass is 10.0. The molecule has 1 atom stereocenters. The highest BCUT2D eigenvalue weighted by molar-refractivity contribution is 8.00. The summed E-state index contributed by atoms with van der Waals surface area (Å²) in [4.78, 5) is 24.8. The van der Waals surface area contributed by atoms with Gasteiger partial charge in [-0.15, -0.1) is 0 Å². The van der Waals surface area contributed by atoms with Crippen LogP contribution in [0.3, 0.4) is 0 Å². The lowest BCUT2D eigenvalue weighted by molar-refractivity contribution is -0.121. The van der Waals surface area contributed by atoms with E-state index in [1.807, 2.05) is 42.5 Å². The van der Waals surface area contributed by atoms with Crippen molar-refractivity contribution < 1.29 is 22.4 Å². The van der Waals surface area contributed by atoms with Gasteiger partial charge in [0.15, 0.2) is 5.58 Å². The van der Waals surface area contributed by atoms with Gasteiger partial charge in [-0.1, -0.05) is 36.4 Å². The monoisotopic (exact) mass is 511 g/mol. The number of H-pyrrole nitrogens is 1. The quantitative estimate of drug-likeness (QED) is 0.216. The van der Waals surface area contributed by atoms with E-state index in [1.54, 1.807) is 12.1 Å². The minimum Gasteiger partial charge on any atom is -0.439 e. The maximum absolute atomic E-state index is 12.9. The number of nitrogens with one attached hydrogen (secondary N) is 3. The molecule has 184 valence electrons. The Balaban J connectivity index is 1.35. The number of fused-ring (bicyclic) bond motifs is 2.